The van der Waals surface area contributed by atoms with E-state index in [1.807, 2.05) is 6.92 Å². The molecule has 3 atom stereocenters. The summed E-state index contributed by atoms with van der Waals surface area (Å²) in [6, 6.07) is 6.35. The van der Waals surface area contributed by atoms with Crippen LogP contribution in [-0.4, -0.2) is 43.4 Å². The van der Waals surface area contributed by atoms with Gasteiger partial charge in [-0.2, -0.15) is 0 Å². The van der Waals surface area contributed by atoms with E-state index in [-0.39, 0.29) is 36.6 Å². The van der Waals surface area contributed by atoms with Gasteiger partial charge in [0.05, 0.1) is 28.7 Å². The largest absolute Gasteiger partial charge is 0.481 e. The van der Waals surface area contributed by atoms with Crippen molar-refractivity contribution in [3.8, 4) is 0 Å². The van der Waals surface area contributed by atoms with Crippen LogP contribution in [0.25, 0.3) is 33.2 Å². The summed E-state index contributed by atoms with van der Waals surface area (Å²) in [4.78, 5) is 42.9. The van der Waals surface area contributed by atoms with Crippen molar-refractivity contribution in [3.63, 3.8) is 0 Å². The van der Waals surface area contributed by atoms with E-state index in [4.69, 9.17) is 14.7 Å². The van der Waals surface area contributed by atoms with E-state index in [9.17, 15) is 14.7 Å². The molecule has 3 N–H and O–H groups in total. The molecular weight excluding hydrogens is 588 g/mol. The molecule has 5 heterocycles. The summed E-state index contributed by atoms with van der Waals surface area (Å²) in [6.45, 7) is 15.6. The van der Waals surface area contributed by atoms with Gasteiger partial charge in [0.1, 0.15) is 0 Å². The summed E-state index contributed by atoms with van der Waals surface area (Å²) >= 11 is 0. The van der Waals surface area contributed by atoms with E-state index in [1.165, 1.54) is 18.4 Å². The van der Waals surface area contributed by atoms with E-state index in [2.05, 4.69) is 69.7 Å². The smallest absolute Gasteiger partial charge is 0.303 e. The Morgan fingerprint density at radius 1 is 1.00 bits per heavy atom. The molecule has 0 amide bonds. The number of hydrogen-bond acceptors (Lipinski definition) is 5. The lowest BCUT2D eigenvalue weighted by atomic mass is 9.85. The van der Waals surface area contributed by atoms with Crippen LogP contribution in [-0.2, 0) is 16.0 Å². The average molecular weight is 637 g/mol. The van der Waals surface area contributed by atoms with Gasteiger partial charge in [0.25, 0.3) is 0 Å². The Balaban J connectivity index is 1.65. The monoisotopic (exact) mass is 636 g/mol. The number of aromatic nitrogens is 4. The van der Waals surface area contributed by atoms with Crippen LogP contribution in [0.4, 0.5) is 0 Å². The van der Waals surface area contributed by atoms with Gasteiger partial charge in [-0.15, -0.1) is 0 Å². The maximum atomic E-state index is 13.5. The Morgan fingerprint density at radius 3 is 2.47 bits per heavy atom. The molecule has 3 aliphatic rings. The van der Waals surface area contributed by atoms with E-state index in [0.29, 0.717) is 18.6 Å². The minimum absolute atomic E-state index is 0.0205. The number of nitrogens with zero attached hydrogens (tertiary/aromatic N) is 2. The first-order chi connectivity index (χ1) is 22.5. The Bertz CT molecular complexity index is 1950. The van der Waals surface area contributed by atoms with Gasteiger partial charge >= 0.3 is 5.97 Å². The van der Waals surface area contributed by atoms with Crippen molar-refractivity contribution in [2.24, 2.45) is 0 Å². The molecule has 0 aromatic carbocycles. The number of carbonyl (C=O) groups excluding carboxylic acids is 1. The Kier molecular flexibility index (Phi) is 9.25. The molecule has 3 aromatic rings. The molecule has 8 bridgehead atoms. The third-order valence-corrected chi connectivity index (χ3v) is 10.6. The number of carboxylic acids is 1. The number of aryl methyl sites for hydroxylation is 2. The minimum atomic E-state index is -0.828. The first-order valence-electron chi connectivity index (χ1n) is 17.4. The van der Waals surface area contributed by atoms with E-state index < -0.39 is 5.97 Å². The Morgan fingerprint density at radius 2 is 1.74 bits per heavy atom. The highest BCUT2D eigenvalue weighted by Crippen LogP contribution is 2.44. The lowest BCUT2D eigenvalue weighted by molar-refractivity contribution is -0.137. The third-order valence-electron chi connectivity index (χ3n) is 10.6. The molecule has 2 aliphatic heterocycles. The van der Waals surface area contributed by atoms with Crippen molar-refractivity contribution in [1.29, 1.82) is 0 Å². The average Bonchev–Trinajstić information content (AvgIpc) is 3.78. The number of carbonyl (C=O) groups is 2. The highest BCUT2D eigenvalue weighted by Gasteiger charge is 2.36. The number of allylic oxidation sites excluding steroid dienone is 2. The summed E-state index contributed by atoms with van der Waals surface area (Å²) in [5.41, 5.74) is 14.2. The number of unbranched alkanes of at least 4 members (excludes halogenated alkanes) is 3. The maximum absolute atomic E-state index is 13.5. The van der Waals surface area contributed by atoms with Crippen molar-refractivity contribution in [1.82, 2.24) is 19.9 Å². The summed E-state index contributed by atoms with van der Waals surface area (Å²) in [6.07, 6.45) is 6.07. The molecule has 0 saturated carbocycles. The van der Waals surface area contributed by atoms with Gasteiger partial charge in [-0.05, 0) is 87.4 Å². The fraction of sp³-hybridized carbons (Fsp3) is 0.487. The number of rotatable bonds is 11. The normalized spacial score (nSPS) is 18.0. The number of H-pyrrole nitrogens is 2. The zero-order valence-corrected chi connectivity index (χ0v) is 28.9. The number of aliphatic carboxylic acids is 1. The summed E-state index contributed by atoms with van der Waals surface area (Å²) in [5.74, 6) is -0.890. The molecular formula is C39H48N4O4. The van der Waals surface area contributed by atoms with Gasteiger partial charge in [-0.1, -0.05) is 40.0 Å². The molecule has 8 nitrogen and oxygen atoms in total. The minimum Gasteiger partial charge on any atom is -0.481 e. The highest BCUT2D eigenvalue weighted by molar-refractivity contribution is 6.13. The van der Waals surface area contributed by atoms with E-state index in [0.717, 1.165) is 91.9 Å². The standard InChI is InChI=1S/C39H48N4O4/c1-8-10-11-12-15-47-24(7)36-22(5)30-17-29-21(4)26(13-14-35(45)46)38(42-29)27-16-34(44)37-23(6)31(43-39(27)37)18-32-25(9-2)20(3)28(40-32)19-33(36)41-30/h17-19,21,24,26,41,43H,8-16H2,1-7H3,(H,45,46). The summed E-state index contributed by atoms with van der Waals surface area (Å²) < 4.78 is 6.43. The van der Waals surface area contributed by atoms with Gasteiger partial charge in [0.2, 0.25) is 0 Å². The number of aromatic amines is 2. The van der Waals surface area contributed by atoms with Gasteiger partial charge in [-0.3, -0.25) is 14.6 Å². The lowest BCUT2D eigenvalue weighted by Crippen LogP contribution is -2.08. The van der Waals surface area contributed by atoms with Gasteiger partial charge in [-0.25, -0.2) is 4.98 Å². The molecule has 0 fully saturated rings. The predicted octanol–water partition coefficient (Wildman–Crippen LogP) is 9.42. The molecule has 3 unspecified atom stereocenters. The van der Waals surface area contributed by atoms with Crippen LogP contribution >= 0.6 is 0 Å². The number of hydrogen-bond donors (Lipinski definition) is 3. The molecule has 1 aliphatic carbocycles. The molecule has 47 heavy (non-hydrogen) atoms. The quantitative estimate of drug-likeness (QED) is 0.180. The second-order valence-electron chi connectivity index (χ2n) is 13.6. The van der Waals surface area contributed by atoms with Gasteiger partial charge in [0, 0.05) is 70.2 Å². The lowest BCUT2D eigenvalue weighted by Gasteiger charge is -2.16. The summed E-state index contributed by atoms with van der Waals surface area (Å²) in [7, 11) is 0. The van der Waals surface area contributed by atoms with Crippen LogP contribution < -0.4 is 0 Å². The van der Waals surface area contributed by atoms with Crippen molar-refractivity contribution in [2.45, 2.75) is 118 Å². The van der Waals surface area contributed by atoms with Crippen molar-refractivity contribution in [2.75, 3.05) is 6.61 Å². The number of fused-ring (bicyclic) bond motifs is 8. The number of Topliss-reactive ketones (excluding diaryl/α,β-unsaturated/α-hetero) is 1. The molecule has 8 heteroatoms. The van der Waals surface area contributed by atoms with Crippen LogP contribution in [0.2, 0.25) is 0 Å². The predicted molar refractivity (Wildman–Crippen MR) is 188 cm³/mol. The second kappa shape index (κ2) is 13.2. The van der Waals surface area contributed by atoms with Crippen LogP contribution in [0.5, 0.6) is 0 Å². The fourth-order valence-corrected chi connectivity index (χ4v) is 7.84. The molecule has 248 valence electrons. The second-order valence-corrected chi connectivity index (χ2v) is 13.6. The van der Waals surface area contributed by atoms with Crippen molar-refractivity contribution >= 4 is 45.0 Å². The van der Waals surface area contributed by atoms with E-state index in [1.54, 1.807) is 0 Å². The first-order valence-corrected chi connectivity index (χ1v) is 17.4. The zero-order valence-electron chi connectivity index (χ0n) is 28.9. The van der Waals surface area contributed by atoms with Gasteiger partial charge < -0.3 is 19.8 Å². The maximum Gasteiger partial charge on any atom is 0.303 e. The number of ketones is 1. The molecule has 0 radical (unpaired) electrons. The van der Waals surface area contributed by atoms with E-state index >= 15 is 0 Å². The Labute approximate surface area is 277 Å². The van der Waals surface area contributed by atoms with Crippen LogP contribution in [0.3, 0.4) is 0 Å². The first kappa shape index (κ1) is 32.9. The van der Waals surface area contributed by atoms with Crippen molar-refractivity contribution in [3.05, 3.63) is 68.8 Å². The topological polar surface area (TPSA) is 121 Å². The number of ether oxygens (including phenoxy) is 1. The Hall–Kier alpha value is -4.04. The van der Waals surface area contributed by atoms with Crippen molar-refractivity contribution < 1.29 is 19.4 Å². The molecule has 3 aromatic heterocycles. The summed E-state index contributed by atoms with van der Waals surface area (Å²) in [5, 5.41) is 9.62. The molecule has 0 saturated heterocycles. The molecule has 0 spiro atoms. The molecule has 6 rings (SSSR count). The number of nitrogens with one attached hydrogen (secondary N) is 2. The third kappa shape index (κ3) is 5.97. The van der Waals surface area contributed by atoms with Gasteiger partial charge in [0.15, 0.2) is 5.78 Å². The SMILES string of the molecule is CCCCCCOC(C)c1c(C)c2cc3nc(c4c5[nH]c(cc6nc(cc1[nH]2)C(C)=C6CC)c(C)c5C(=O)C4)C(CCC(=O)O)C3C. The van der Waals surface area contributed by atoms with Crippen LogP contribution in [0.15, 0.2) is 18.2 Å². The highest BCUT2D eigenvalue weighted by atomic mass is 16.5. The fourth-order valence-electron chi connectivity index (χ4n) is 7.84. The van der Waals surface area contributed by atoms with Crippen LogP contribution in [0.1, 0.15) is 153 Å². The number of carboxylic acid groups (broad SMARTS) is 1. The zero-order chi connectivity index (χ0) is 33.6. The van der Waals surface area contributed by atoms with Crippen LogP contribution in [0, 0.1) is 13.8 Å².